The highest BCUT2D eigenvalue weighted by molar-refractivity contribution is 4.90. The fraction of sp³-hybridized carbons (Fsp3) is 0.667. The molecule has 1 aromatic heterocycles. The fourth-order valence-corrected chi connectivity index (χ4v) is 2.20. The molecule has 1 aliphatic rings. The van der Waals surface area contributed by atoms with Crippen molar-refractivity contribution >= 4 is 0 Å². The molecule has 0 unspecified atom stereocenters. The Kier molecular flexibility index (Phi) is 3.25. The summed E-state index contributed by atoms with van der Waals surface area (Å²) in [7, 11) is 2.22. The Labute approximate surface area is 86.5 Å². The summed E-state index contributed by atoms with van der Waals surface area (Å²) in [5, 5.41) is 0. The van der Waals surface area contributed by atoms with Crippen LogP contribution in [0, 0.1) is 5.92 Å². The number of nitrogens with zero attached hydrogens (tertiary/aromatic N) is 2. The minimum Gasteiger partial charge on any atom is -0.354 e. The molecule has 0 radical (unpaired) electrons. The van der Waals surface area contributed by atoms with E-state index in [9.17, 15) is 0 Å². The molecule has 0 aliphatic carbocycles. The zero-order valence-electron chi connectivity index (χ0n) is 9.02. The quantitative estimate of drug-likeness (QED) is 0.713. The summed E-state index contributed by atoms with van der Waals surface area (Å²) in [5.41, 5.74) is 0. The van der Waals surface area contributed by atoms with Gasteiger partial charge in [0, 0.05) is 18.9 Å². The van der Waals surface area contributed by atoms with Crippen molar-refractivity contribution in [3.8, 4) is 0 Å². The van der Waals surface area contributed by atoms with E-state index >= 15 is 0 Å². The molecule has 0 atom stereocenters. The molecule has 1 aliphatic heterocycles. The van der Waals surface area contributed by atoms with Crippen LogP contribution in [0.25, 0.3) is 0 Å². The van der Waals surface area contributed by atoms with Gasteiger partial charge in [0.05, 0.1) is 0 Å². The van der Waals surface area contributed by atoms with Gasteiger partial charge in [-0.2, -0.15) is 0 Å². The lowest BCUT2D eigenvalue weighted by atomic mass is 9.94. The van der Waals surface area contributed by atoms with E-state index in [-0.39, 0.29) is 0 Å². The number of hydrogen-bond donors (Lipinski definition) is 0. The van der Waals surface area contributed by atoms with E-state index in [1.54, 1.807) is 0 Å². The normalized spacial score (nSPS) is 20.1. The van der Waals surface area contributed by atoms with Crippen molar-refractivity contribution in [3.63, 3.8) is 0 Å². The monoisotopic (exact) mass is 192 g/mol. The molecule has 78 valence electrons. The molecule has 2 nitrogen and oxygen atoms in total. The van der Waals surface area contributed by atoms with E-state index in [2.05, 4.69) is 41.0 Å². The third kappa shape index (κ3) is 2.61. The van der Waals surface area contributed by atoms with Gasteiger partial charge >= 0.3 is 0 Å². The van der Waals surface area contributed by atoms with Crippen molar-refractivity contribution in [2.45, 2.75) is 25.8 Å². The Bertz CT molecular complexity index is 245. The molecular weight excluding hydrogens is 172 g/mol. The lowest BCUT2D eigenvalue weighted by Crippen LogP contribution is -2.30. The molecule has 1 fully saturated rings. The van der Waals surface area contributed by atoms with Gasteiger partial charge in [-0.25, -0.2) is 0 Å². The average Bonchev–Trinajstić information content (AvgIpc) is 2.70. The maximum Gasteiger partial charge on any atom is 0.0222 e. The van der Waals surface area contributed by atoms with Gasteiger partial charge in [0.2, 0.25) is 0 Å². The van der Waals surface area contributed by atoms with Gasteiger partial charge in [-0.1, -0.05) is 0 Å². The van der Waals surface area contributed by atoms with Crippen molar-refractivity contribution in [1.29, 1.82) is 0 Å². The first-order valence-corrected chi connectivity index (χ1v) is 5.64. The van der Waals surface area contributed by atoms with E-state index in [1.807, 2.05) is 0 Å². The summed E-state index contributed by atoms with van der Waals surface area (Å²) < 4.78 is 2.29. The van der Waals surface area contributed by atoms with Gasteiger partial charge in [0.15, 0.2) is 0 Å². The standard InChI is InChI=1S/C12H20N2/c1-13-9-4-12(5-10-13)6-11-14-7-2-3-8-14/h2-3,7-8,12H,4-6,9-11H2,1H3. The molecule has 0 spiro atoms. The first-order chi connectivity index (χ1) is 6.84. The molecule has 2 rings (SSSR count). The highest BCUT2D eigenvalue weighted by Gasteiger charge is 2.15. The average molecular weight is 192 g/mol. The molecular formula is C12H20N2. The lowest BCUT2D eigenvalue weighted by Gasteiger charge is -2.28. The van der Waals surface area contributed by atoms with Crippen molar-refractivity contribution in [3.05, 3.63) is 24.5 Å². The second-order valence-corrected chi connectivity index (χ2v) is 4.46. The van der Waals surface area contributed by atoms with Crippen LogP contribution < -0.4 is 0 Å². The van der Waals surface area contributed by atoms with E-state index < -0.39 is 0 Å². The molecule has 1 aromatic rings. The summed E-state index contributed by atoms with van der Waals surface area (Å²) in [6.45, 7) is 3.77. The van der Waals surface area contributed by atoms with E-state index in [0.717, 1.165) is 5.92 Å². The third-order valence-electron chi connectivity index (χ3n) is 3.30. The minimum atomic E-state index is 0.952. The summed E-state index contributed by atoms with van der Waals surface area (Å²) >= 11 is 0. The zero-order valence-corrected chi connectivity index (χ0v) is 9.02. The molecule has 0 bridgehead atoms. The van der Waals surface area contributed by atoms with Crippen LogP contribution in [-0.2, 0) is 6.54 Å². The van der Waals surface area contributed by atoms with E-state index in [4.69, 9.17) is 0 Å². The van der Waals surface area contributed by atoms with Gasteiger partial charge in [0.1, 0.15) is 0 Å². The Morgan fingerprint density at radius 3 is 2.43 bits per heavy atom. The SMILES string of the molecule is CN1CCC(CCn2cccc2)CC1. The molecule has 0 N–H and O–H groups in total. The molecule has 0 saturated carbocycles. The highest BCUT2D eigenvalue weighted by Crippen LogP contribution is 2.19. The summed E-state index contributed by atoms with van der Waals surface area (Å²) in [4.78, 5) is 2.44. The van der Waals surface area contributed by atoms with Crippen LogP contribution in [-0.4, -0.2) is 29.6 Å². The molecule has 14 heavy (non-hydrogen) atoms. The number of rotatable bonds is 3. The Morgan fingerprint density at radius 2 is 1.79 bits per heavy atom. The first kappa shape index (κ1) is 9.78. The van der Waals surface area contributed by atoms with Gasteiger partial charge in [-0.05, 0) is 57.5 Å². The summed E-state index contributed by atoms with van der Waals surface area (Å²) in [6, 6.07) is 4.21. The highest BCUT2D eigenvalue weighted by atomic mass is 15.1. The second kappa shape index (κ2) is 4.65. The van der Waals surface area contributed by atoms with Crippen LogP contribution in [0.2, 0.25) is 0 Å². The maximum atomic E-state index is 2.44. The Balaban J connectivity index is 1.71. The van der Waals surface area contributed by atoms with Crippen molar-refractivity contribution in [1.82, 2.24) is 9.47 Å². The molecule has 1 saturated heterocycles. The number of hydrogen-bond acceptors (Lipinski definition) is 1. The van der Waals surface area contributed by atoms with Gasteiger partial charge in [0.25, 0.3) is 0 Å². The van der Waals surface area contributed by atoms with E-state index in [1.165, 1.54) is 38.9 Å². The fourth-order valence-electron chi connectivity index (χ4n) is 2.20. The van der Waals surface area contributed by atoms with Crippen LogP contribution in [0.15, 0.2) is 24.5 Å². The zero-order chi connectivity index (χ0) is 9.80. The summed E-state index contributed by atoms with van der Waals surface area (Å²) in [6.07, 6.45) is 8.45. The predicted molar refractivity (Wildman–Crippen MR) is 59.3 cm³/mol. The van der Waals surface area contributed by atoms with Crippen molar-refractivity contribution in [2.75, 3.05) is 20.1 Å². The Hall–Kier alpha value is -0.760. The molecule has 0 aromatic carbocycles. The van der Waals surface area contributed by atoms with Crippen LogP contribution in [0.1, 0.15) is 19.3 Å². The topological polar surface area (TPSA) is 8.17 Å². The minimum absolute atomic E-state index is 0.952. The summed E-state index contributed by atoms with van der Waals surface area (Å²) in [5.74, 6) is 0.952. The predicted octanol–water partition coefficient (Wildman–Crippen LogP) is 2.22. The van der Waals surface area contributed by atoms with Crippen LogP contribution in [0.5, 0.6) is 0 Å². The smallest absolute Gasteiger partial charge is 0.0222 e. The van der Waals surface area contributed by atoms with Gasteiger partial charge < -0.3 is 9.47 Å². The van der Waals surface area contributed by atoms with Gasteiger partial charge in [-0.3, -0.25) is 0 Å². The Morgan fingerprint density at radius 1 is 1.14 bits per heavy atom. The van der Waals surface area contributed by atoms with Crippen molar-refractivity contribution < 1.29 is 0 Å². The molecule has 0 amide bonds. The maximum absolute atomic E-state index is 2.44. The lowest BCUT2D eigenvalue weighted by molar-refractivity contribution is 0.208. The third-order valence-corrected chi connectivity index (χ3v) is 3.30. The first-order valence-electron chi connectivity index (χ1n) is 5.64. The van der Waals surface area contributed by atoms with Crippen LogP contribution in [0.3, 0.4) is 0 Å². The van der Waals surface area contributed by atoms with Crippen LogP contribution >= 0.6 is 0 Å². The van der Waals surface area contributed by atoms with Gasteiger partial charge in [-0.15, -0.1) is 0 Å². The number of aryl methyl sites for hydroxylation is 1. The molecule has 2 heteroatoms. The number of piperidine rings is 1. The second-order valence-electron chi connectivity index (χ2n) is 4.46. The van der Waals surface area contributed by atoms with Crippen LogP contribution in [0.4, 0.5) is 0 Å². The largest absolute Gasteiger partial charge is 0.354 e. The van der Waals surface area contributed by atoms with E-state index in [0.29, 0.717) is 0 Å². The number of aromatic nitrogens is 1. The number of likely N-dealkylation sites (tertiary alicyclic amines) is 1. The molecule has 2 heterocycles. The van der Waals surface area contributed by atoms with Crippen molar-refractivity contribution in [2.24, 2.45) is 5.92 Å².